The van der Waals surface area contributed by atoms with Crippen LogP contribution in [0.3, 0.4) is 0 Å². The minimum absolute atomic E-state index is 0.375. The van der Waals surface area contributed by atoms with Crippen molar-refractivity contribution in [3.63, 3.8) is 0 Å². The van der Waals surface area contributed by atoms with Crippen LogP contribution in [-0.2, 0) is 21.4 Å². The van der Waals surface area contributed by atoms with E-state index < -0.39 is 26.8 Å². The van der Waals surface area contributed by atoms with Crippen molar-refractivity contribution in [1.82, 2.24) is 9.03 Å². The molecule has 1 heterocycles. The highest BCUT2D eigenvalue weighted by atomic mass is 32.2. The van der Waals surface area contributed by atoms with E-state index >= 15 is 0 Å². The van der Waals surface area contributed by atoms with Gasteiger partial charge in [0.05, 0.1) is 6.26 Å². The van der Waals surface area contributed by atoms with E-state index in [1.54, 1.807) is 0 Å². The van der Waals surface area contributed by atoms with Crippen LogP contribution in [0.4, 0.5) is 0 Å². The van der Waals surface area contributed by atoms with Crippen LogP contribution in [0.15, 0.2) is 0 Å². The molecule has 1 aliphatic heterocycles. The lowest BCUT2D eigenvalue weighted by atomic mass is 9.72. The average molecular weight is 250 g/mol. The second kappa shape index (κ2) is 4.62. The van der Waals surface area contributed by atoms with Crippen LogP contribution >= 0.6 is 0 Å². The summed E-state index contributed by atoms with van der Waals surface area (Å²) in [5.41, 5.74) is -0.708. The molecule has 0 aromatic heterocycles. The highest BCUT2D eigenvalue weighted by Crippen LogP contribution is 2.21. The van der Waals surface area contributed by atoms with Gasteiger partial charge in [0.15, 0.2) is 0 Å². The molecule has 1 aliphatic rings. The van der Waals surface area contributed by atoms with Crippen LogP contribution in [0.1, 0.15) is 12.8 Å². The monoisotopic (exact) mass is 250 g/mol. The van der Waals surface area contributed by atoms with Gasteiger partial charge in [0, 0.05) is 29.9 Å². The fourth-order valence-corrected chi connectivity index (χ4v) is 3.23. The van der Waals surface area contributed by atoms with Gasteiger partial charge in [-0.15, -0.1) is 4.72 Å². The lowest BCUT2D eigenvalue weighted by Gasteiger charge is -2.38. The lowest BCUT2D eigenvalue weighted by Crippen LogP contribution is -2.56. The van der Waals surface area contributed by atoms with Crippen LogP contribution < -0.4 is 4.72 Å². The van der Waals surface area contributed by atoms with Gasteiger partial charge in [-0.25, -0.2) is 12.7 Å². The first-order valence-corrected chi connectivity index (χ1v) is 7.99. The van der Waals surface area contributed by atoms with Gasteiger partial charge in [-0.1, -0.05) is 0 Å². The summed E-state index contributed by atoms with van der Waals surface area (Å²) in [5, 5.41) is 0. The van der Waals surface area contributed by atoms with Gasteiger partial charge in [0.2, 0.25) is 10.0 Å². The Hall–Kier alpha value is 0.245. The van der Waals surface area contributed by atoms with E-state index in [4.69, 9.17) is 7.85 Å². The van der Waals surface area contributed by atoms with Gasteiger partial charge in [0.1, 0.15) is 14.1 Å². The third kappa shape index (κ3) is 3.95. The molecule has 0 bridgehead atoms. The predicted octanol–water partition coefficient (Wildman–Crippen LogP) is -1.21. The Kier molecular flexibility index (Phi) is 4.10. The Morgan fingerprint density at radius 3 is 2.27 bits per heavy atom. The molecule has 5 nitrogen and oxygen atoms in total. The summed E-state index contributed by atoms with van der Waals surface area (Å²) in [7, 11) is 2.81. The van der Waals surface area contributed by atoms with Crippen molar-refractivity contribution in [3.8, 4) is 0 Å². The molecule has 8 heteroatoms. The van der Waals surface area contributed by atoms with E-state index in [9.17, 15) is 13.0 Å². The first-order chi connectivity index (χ1) is 6.73. The van der Waals surface area contributed by atoms with Crippen LogP contribution in [0.2, 0.25) is 0 Å². The van der Waals surface area contributed by atoms with Crippen molar-refractivity contribution in [2.75, 3.05) is 25.6 Å². The molecule has 0 aromatic rings. The summed E-state index contributed by atoms with van der Waals surface area (Å²) in [4.78, 5) is 0. The Balaban J connectivity index is 2.55. The third-order valence-corrected chi connectivity index (χ3v) is 4.43. The maximum Gasteiger partial charge on any atom is 0.211 e. The second-order valence-electron chi connectivity index (χ2n) is 3.87. The summed E-state index contributed by atoms with van der Waals surface area (Å²) < 4.78 is 37.6. The van der Waals surface area contributed by atoms with Crippen molar-refractivity contribution in [1.29, 1.82) is 0 Å². The van der Waals surface area contributed by atoms with E-state index in [2.05, 4.69) is 4.72 Å². The van der Waals surface area contributed by atoms with Gasteiger partial charge < -0.3 is 4.55 Å². The molecule has 1 fully saturated rings. The van der Waals surface area contributed by atoms with Crippen LogP contribution in [-0.4, -0.2) is 56.2 Å². The number of rotatable bonds is 3. The molecule has 1 N–H and O–H groups in total. The quantitative estimate of drug-likeness (QED) is 0.504. The normalized spacial score (nSPS) is 25.0. The Morgan fingerprint density at radius 2 is 1.93 bits per heavy atom. The number of sulfonamides is 1. The van der Waals surface area contributed by atoms with E-state index in [1.165, 1.54) is 16.8 Å². The van der Waals surface area contributed by atoms with E-state index in [0.29, 0.717) is 25.9 Å². The standard InChI is InChI=1S/C7H15BN2O3S2/c1-14(11)9-7(8)3-5-10(6-4-7)15(2,12)13/h9H,3-6H2,1-2H3. The SMILES string of the molecule is [B]C1(N[S+](C)[O-])CCN(S(C)(=O)=O)CC1. The van der Waals surface area contributed by atoms with Gasteiger partial charge in [-0.2, -0.15) is 0 Å². The number of nitrogens with zero attached hydrogens (tertiary/aromatic N) is 1. The van der Waals surface area contributed by atoms with Gasteiger partial charge >= 0.3 is 0 Å². The number of hydrogen-bond donors (Lipinski definition) is 1. The molecule has 0 amide bonds. The summed E-state index contributed by atoms with van der Waals surface area (Å²) in [6, 6.07) is 0. The zero-order valence-corrected chi connectivity index (χ0v) is 10.5. The zero-order valence-electron chi connectivity index (χ0n) is 8.89. The molecule has 0 aromatic carbocycles. The Morgan fingerprint density at radius 1 is 1.47 bits per heavy atom. The molecule has 0 aliphatic carbocycles. The molecule has 1 atom stereocenters. The number of hydrogen-bond acceptors (Lipinski definition) is 4. The van der Waals surface area contributed by atoms with Crippen molar-refractivity contribution >= 4 is 29.2 Å². The van der Waals surface area contributed by atoms with Gasteiger partial charge in [0.25, 0.3) is 0 Å². The van der Waals surface area contributed by atoms with Crippen LogP contribution in [0, 0.1) is 0 Å². The second-order valence-corrected chi connectivity index (χ2v) is 6.97. The molecular formula is C7H15BN2O3S2. The van der Waals surface area contributed by atoms with E-state index in [-0.39, 0.29) is 0 Å². The highest BCUT2D eigenvalue weighted by molar-refractivity contribution is 7.89. The van der Waals surface area contributed by atoms with Gasteiger partial charge in [-0.3, -0.25) is 0 Å². The summed E-state index contributed by atoms with van der Waals surface area (Å²) in [6.07, 6.45) is 3.64. The Labute approximate surface area is 95.4 Å². The molecule has 0 saturated carbocycles. The maximum absolute atomic E-state index is 11.2. The number of nitrogens with one attached hydrogen (secondary N) is 1. The van der Waals surface area contributed by atoms with E-state index in [0.717, 1.165) is 0 Å². The van der Waals surface area contributed by atoms with Crippen molar-refractivity contribution in [2.24, 2.45) is 0 Å². The van der Waals surface area contributed by atoms with E-state index in [1.807, 2.05) is 0 Å². The molecule has 2 radical (unpaired) electrons. The smallest absolute Gasteiger partial charge is 0.211 e. The lowest BCUT2D eigenvalue weighted by molar-refractivity contribution is 0.285. The molecular weight excluding hydrogens is 235 g/mol. The average Bonchev–Trinajstić information content (AvgIpc) is 2.00. The fraction of sp³-hybridized carbons (Fsp3) is 1.00. The molecule has 86 valence electrons. The van der Waals surface area contributed by atoms with Crippen LogP contribution in [0.5, 0.6) is 0 Å². The van der Waals surface area contributed by atoms with Crippen molar-refractivity contribution < 1.29 is 13.0 Å². The maximum atomic E-state index is 11.2. The zero-order chi connectivity index (χ0) is 11.7. The summed E-state index contributed by atoms with van der Waals surface area (Å²) >= 11 is -1.18. The minimum atomic E-state index is -3.13. The molecule has 0 spiro atoms. The largest absolute Gasteiger partial charge is 0.598 e. The first kappa shape index (κ1) is 13.3. The van der Waals surface area contributed by atoms with Crippen molar-refractivity contribution in [2.45, 2.75) is 18.3 Å². The summed E-state index contributed by atoms with van der Waals surface area (Å²) in [5.74, 6) is 0. The fourth-order valence-electron chi connectivity index (χ4n) is 1.61. The third-order valence-electron chi connectivity index (χ3n) is 2.43. The van der Waals surface area contributed by atoms with Crippen molar-refractivity contribution in [3.05, 3.63) is 0 Å². The minimum Gasteiger partial charge on any atom is -0.598 e. The molecule has 1 rings (SSSR count). The number of piperidine rings is 1. The first-order valence-electron chi connectivity index (χ1n) is 4.58. The predicted molar refractivity (Wildman–Crippen MR) is 61.3 cm³/mol. The molecule has 1 saturated heterocycles. The topological polar surface area (TPSA) is 72.5 Å². The highest BCUT2D eigenvalue weighted by Gasteiger charge is 2.35. The van der Waals surface area contributed by atoms with Crippen LogP contribution in [0.25, 0.3) is 0 Å². The molecule has 1 unspecified atom stereocenters. The summed E-state index contributed by atoms with van der Waals surface area (Å²) in [6.45, 7) is 0.749. The Bertz CT molecular complexity index is 312. The molecule has 15 heavy (non-hydrogen) atoms. The van der Waals surface area contributed by atoms with Gasteiger partial charge in [-0.05, 0) is 12.8 Å².